The van der Waals surface area contributed by atoms with Crippen LogP contribution in [-0.4, -0.2) is 58.5 Å². The lowest BCUT2D eigenvalue weighted by molar-refractivity contribution is -0.131. The number of carbonyl (C=O) groups excluding carboxylic acids is 1. The molecule has 1 saturated carbocycles. The first kappa shape index (κ1) is 30.6. The Labute approximate surface area is 253 Å². The van der Waals surface area contributed by atoms with E-state index in [0.717, 1.165) is 53.8 Å². The van der Waals surface area contributed by atoms with E-state index in [1.54, 1.807) is 24.5 Å². The highest BCUT2D eigenvalue weighted by Crippen LogP contribution is 2.48. The monoisotopic (exact) mass is 592 g/mol. The van der Waals surface area contributed by atoms with E-state index in [1.165, 1.54) is 12.7 Å². The van der Waals surface area contributed by atoms with Crippen LogP contribution >= 0.6 is 11.3 Å². The lowest BCUT2D eigenvalue weighted by Gasteiger charge is -2.47. The number of hydrogen-bond donors (Lipinski definition) is 3. The van der Waals surface area contributed by atoms with Gasteiger partial charge in [0.25, 0.3) is 0 Å². The summed E-state index contributed by atoms with van der Waals surface area (Å²) in [7, 11) is 1.51. The second-order valence-electron chi connectivity index (χ2n) is 13.1. The normalized spacial score (nSPS) is 19.7. The van der Waals surface area contributed by atoms with Crippen LogP contribution in [0.4, 0.5) is 0 Å². The Morgan fingerprint density at radius 1 is 1.24 bits per heavy atom. The second-order valence-corrected chi connectivity index (χ2v) is 14.0. The van der Waals surface area contributed by atoms with E-state index < -0.39 is 18.2 Å². The number of benzene rings is 1. The molecule has 1 fully saturated rings. The average molecular weight is 593 g/mol. The summed E-state index contributed by atoms with van der Waals surface area (Å²) in [6, 6.07) is 9.82. The number of carbonyl (C=O) groups is 1. The SMILES string of the molecule is CO[C@@H](C)C(=O)N[C@@H](Cc1cccc(-c2nccs2)c1)[C@@H](O)CN[C@H]1CC2(CCC2)Oc2ncc(CC(C)(C)C)cc21. The van der Waals surface area contributed by atoms with Crippen molar-refractivity contribution in [3.63, 3.8) is 0 Å². The van der Waals surface area contributed by atoms with Crippen LogP contribution < -0.4 is 15.4 Å². The number of aliphatic hydroxyl groups excluding tert-OH is 1. The van der Waals surface area contributed by atoms with E-state index in [1.807, 2.05) is 29.8 Å². The summed E-state index contributed by atoms with van der Waals surface area (Å²) in [6.07, 6.45) is 7.67. The maximum atomic E-state index is 12.9. The van der Waals surface area contributed by atoms with Gasteiger partial charge in [0.2, 0.25) is 11.8 Å². The number of methoxy groups -OCH3 is 1. The van der Waals surface area contributed by atoms with Crippen LogP contribution in [0.3, 0.4) is 0 Å². The molecule has 5 rings (SSSR count). The fourth-order valence-electron chi connectivity index (χ4n) is 5.89. The quantitative estimate of drug-likeness (QED) is 0.279. The maximum Gasteiger partial charge on any atom is 0.249 e. The molecule has 8 nitrogen and oxygen atoms in total. The standard InChI is InChI=1S/C33H44N4O4S/c1-21(40-5)29(39)37-26(16-22-8-6-9-24(14-22)31-34-12-13-42-31)28(38)20-35-27-18-33(10-7-11-33)41-30-25(27)15-23(19-36-30)17-32(2,3)4/h6,8-9,12-15,19,21,26-28,35,38H,7,10-11,16-18,20H2,1-5H3,(H,37,39)/t21-,26-,27-,28-/m0/s1. The lowest BCUT2D eigenvalue weighted by atomic mass is 9.73. The third kappa shape index (κ3) is 7.37. The zero-order valence-electron chi connectivity index (χ0n) is 25.4. The van der Waals surface area contributed by atoms with Crippen molar-refractivity contribution < 1.29 is 19.4 Å². The van der Waals surface area contributed by atoms with E-state index in [0.29, 0.717) is 18.8 Å². The number of fused-ring (bicyclic) bond motifs is 1. The van der Waals surface area contributed by atoms with Crippen molar-refractivity contribution in [1.29, 1.82) is 0 Å². The van der Waals surface area contributed by atoms with Gasteiger partial charge >= 0.3 is 0 Å². The van der Waals surface area contributed by atoms with Crippen LogP contribution in [-0.2, 0) is 22.4 Å². The van der Waals surface area contributed by atoms with Crippen molar-refractivity contribution in [3.05, 3.63) is 64.8 Å². The fraction of sp³-hybridized carbons (Fsp3) is 0.545. The average Bonchev–Trinajstić information content (AvgIpc) is 3.48. The van der Waals surface area contributed by atoms with Crippen LogP contribution in [0.15, 0.2) is 48.1 Å². The summed E-state index contributed by atoms with van der Waals surface area (Å²) < 4.78 is 11.7. The molecule has 1 aliphatic carbocycles. The Bertz CT molecular complexity index is 1350. The lowest BCUT2D eigenvalue weighted by Crippen LogP contribution is -2.53. The van der Waals surface area contributed by atoms with Crippen molar-refractivity contribution in [3.8, 4) is 16.5 Å². The van der Waals surface area contributed by atoms with Crippen molar-refractivity contribution in [2.24, 2.45) is 5.41 Å². The number of hydrogen-bond acceptors (Lipinski definition) is 8. The first-order valence-corrected chi connectivity index (χ1v) is 15.8. The maximum absolute atomic E-state index is 12.9. The summed E-state index contributed by atoms with van der Waals surface area (Å²) in [5.74, 6) is 0.446. The predicted octanol–water partition coefficient (Wildman–Crippen LogP) is 5.25. The first-order chi connectivity index (χ1) is 20.0. The van der Waals surface area contributed by atoms with Gasteiger partial charge in [0.05, 0.1) is 12.1 Å². The topological polar surface area (TPSA) is 106 Å². The molecule has 4 atom stereocenters. The number of aromatic nitrogens is 2. The smallest absolute Gasteiger partial charge is 0.249 e. The zero-order valence-corrected chi connectivity index (χ0v) is 26.2. The zero-order chi connectivity index (χ0) is 29.9. The third-order valence-corrected chi connectivity index (χ3v) is 9.17. The number of ether oxygens (including phenoxy) is 2. The molecule has 0 bridgehead atoms. The fourth-order valence-corrected chi connectivity index (χ4v) is 6.53. The van der Waals surface area contributed by atoms with Crippen molar-refractivity contribution in [1.82, 2.24) is 20.6 Å². The van der Waals surface area contributed by atoms with Gasteiger partial charge < -0.3 is 25.2 Å². The van der Waals surface area contributed by atoms with Crippen LogP contribution in [0, 0.1) is 5.41 Å². The molecule has 3 N–H and O–H groups in total. The Kier molecular flexibility index (Phi) is 9.32. The minimum absolute atomic E-state index is 0.00130. The molecule has 0 radical (unpaired) electrons. The molecule has 1 spiro atoms. The summed E-state index contributed by atoms with van der Waals surface area (Å²) >= 11 is 1.58. The molecule has 1 aliphatic heterocycles. The Hall–Kier alpha value is -2.85. The molecule has 0 saturated heterocycles. The number of thiazole rings is 1. The highest BCUT2D eigenvalue weighted by atomic mass is 32.1. The molecular formula is C33H44N4O4S. The van der Waals surface area contributed by atoms with Crippen LogP contribution in [0.1, 0.15) is 76.1 Å². The molecule has 1 aromatic carbocycles. The largest absolute Gasteiger partial charge is 0.471 e. The number of nitrogens with one attached hydrogen (secondary N) is 2. The number of rotatable bonds is 11. The molecular weight excluding hydrogens is 548 g/mol. The number of pyridine rings is 1. The van der Waals surface area contributed by atoms with Crippen molar-refractivity contribution in [2.75, 3.05) is 13.7 Å². The van der Waals surface area contributed by atoms with Gasteiger partial charge in [0.1, 0.15) is 16.7 Å². The van der Waals surface area contributed by atoms with Gasteiger partial charge in [-0.15, -0.1) is 11.3 Å². The van der Waals surface area contributed by atoms with E-state index in [-0.39, 0.29) is 23.0 Å². The van der Waals surface area contributed by atoms with Crippen molar-refractivity contribution >= 4 is 17.2 Å². The van der Waals surface area contributed by atoms with Gasteiger partial charge in [0, 0.05) is 55.0 Å². The van der Waals surface area contributed by atoms with Gasteiger partial charge in [0.15, 0.2) is 0 Å². The number of aliphatic hydroxyl groups is 1. The molecule has 3 aromatic rings. The molecule has 42 heavy (non-hydrogen) atoms. The molecule has 0 unspecified atom stereocenters. The molecule has 2 aliphatic rings. The highest BCUT2D eigenvalue weighted by molar-refractivity contribution is 7.13. The van der Waals surface area contributed by atoms with Crippen molar-refractivity contribution in [2.45, 2.75) is 96.1 Å². The molecule has 2 aromatic heterocycles. The Morgan fingerprint density at radius 2 is 2.05 bits per heavy atom. The predicted molar refractivity (Wildman–Crippen MR) is 166 cm³/mol. The molecule has 3 heterocycles. The minimum Gasteiger partial charge on any atom is -0.471 e. The number of nitrogens with zero attached hydrogens (tertiary/aromatic N) is 2. The van der Waals surface area contributed by atoms with E-state index in [9.17, 15) is 9.90 Å². The number of amides is 1. The summed E-state index contributed by atoms with van der Waals surface area (Å²) in [5, 5.41) is 21.1. The van der Waals surface area contributed by atoms with E-state index >= 15 is 0 Å². The van der Waals surface area contributed by atoms with Gasteiger partial charge in [-0.3, -0.25) is 4.79 Å². The molecule has 1 amide bonds. The molecule has 9 heteroatoms. The van der Waals surface area contributed by atoms with Gasteiger partial charge in [-0.1, -0.05) is 39.0 Å². The van der Waals surface area contributed by atoms with E-state index in [2.05, 4.69) is 48.5 Å². The Balaban J connectivity index is 1.34. The highest BCUT2D eigenvalue weighted by Gasteiger charge is 2.46. The summed E-state index contributed by atoms with van der Waals surface area (Å²) in [4.78, 5) is 22.1. The van der Waals surface area contributed by atoms with Gasteiger partial charge in [-0.05, 0) is 67.7 Å². The molecule has 226 valence electrons. The van der Waals surface area contributed by atoms with E-state index in [4.69, 9.17) is 14.5 Å². The van der Waals surface area contributed by atoms with Gasteiger partial charge in [-0.25, -0.2) is 9.97 Å². The summed E-state index contributed by atoms with van der Waals surface area (Å²) in [6.45, 7) is 8.69. The Morgan fingerprint density at radius 3 is 2.71 bits per heavy atom. The summed E-state index contributed by atoms with van der Waals surface area (Å²) in [5.41, 5.74) is 4.21. The minimum atomic E-state index is -0.837. The van der Waals surface area contributed by atoms with Crippen LogP contribution in [0.2, 0.25) is 0 Å². The third-order valence-electron chi connectivity index (χ3n) is 8.35. The first-order valence-electron chi connectivity index (χ1n) is 15.0. The van der Waals surface area contributed by atoms with Crippen LogP contribution in [0.5, 0.6) is 5.88 Å². The van der Waals surface area contributed by atoms with Gasteiger partial charge in [-0.2, -0.15) is 0 Å². The van der Waals surface area contributed by atoms with Crippen LogP contribution in [0.25, 0.3) is 10.6 Å². The second kappa shape index (κ2) is 12.8.